The number of carbonyl (C=O) groups is 2. The number of carboxylic acids is 1. The smallest absolute Gasteiger partial charge is 0.326 e. The number of aromatic nitrogens is 2. The normalized spacial score (nSPS) is 16.6. The van der Waals surface area contributed by atoms with Crippen LogP contribution in [0, 0.1) is 0 Å². The highest BCUT2D eigenvalue weighted by Crippen LogP contribution is 2.30. The molecule has 0 spiro atoms. The van der Waals surface area contributed by atoms with Crippen LogP contribution in [0.3, 0.4) is 0 Å². The van der Waals surface area contributed by atoms with Crippen LogP contribution < -0.4 is 5.56 Å². The first kappa shape index (κ1) is 16.4. The van der Waals surface area contributed by atoms with Gasteiger partial charge in [-0.15, -0.1) is 0 Å². The van der Waals surface area contributed by atoms with E-state index in [-0.39, 0.29) is 24.2 Å². The van der Waals surface area contributed by atoms with Crippen molar-refractivity contribution in [1.82, 2.24) is 14.7 Å². The number of amides is 1. The molecule has 8 heteroatoms. The molecule has 1 unspecified atom stereocenters. The Labute approximate surface area is 145 Å². The molecular formula is C16H14BrN3O4. The minimum absolute atomic E-state index is 0.0433. The van der Waals surface area contributed by atoms with Crippen LogP contribution in [0.2, 0.25) is 0 Å². The molecule has 1 amide bonds. The first-order valence-electron chi connectivity index (χ1n) is 7.23. The number of aliphatic carboxylic acids is 1. The molecule has 1 aromatic heterocycles. The van der Waals surface area contributed by atoms with Gasteiger partial charge in [0, 0.05) is 30.6 Å². The summed E-state index contributed by atoms with van der Waals surface area (Å²) in [5.41, 5.74) is 1.48. The van der Waals surface area contributed by atoms with E-state index in [2.05, 4.69) is 21.0 Å². The Hall–Kier alpha value is -2.48. The van der Waals surface area contributed by atoms with Crippen LogP contribution >= 0.6 is 15.9 Å². The van der Waals surface area contributed by atoms with Crippen molar-refractivity contribution in [3.8, 4) is 0 Å². The molecule has 1 aliphatic rings. The molecule has 0 bridgehead atoms. The quantitative estimate of drug-likeness (QED) is 0.829. The molecule has 0 aliphatic carbocycles. The van der Waals surface area contributed by atoms with Gasteiger partial charge in [-0.05, 0) is 23.3 Å². The fourth-order valence-corrected chi connectivity index (χ4v) is 3.34. The van der Waals surface area contributed by atoms with Gasteiger partial charge in [-0.25, -0.2) is 9.48 Å². The molecule has 1 aliphatic heterocycles. The summed E-state index contributed by atoms with van der Waals surface area (Å²) >= 11 is 3.43. The van der Waals surface area contributed by atoms with Crippen molar-refractivity contribution in [3.63, 3.8) is 0 Å². The van der Waals surface area contributed by atoms with E-state index in [1.807, 2.05) is 18.2 Å². The van der Waals surface area contributed by atoms with E-state index >= 15 is 0 Å². The van der Waals surface area contributed by atoms with Gasteiger partial charge in [0.1, 0.15) is 11.7 Å². The first-order chi connectivity index (χ1) is 11.4. The van der Waals surface area contributed by atoms with Crippen molar-refractivity contribution in [2.45, 2.75) is 19.0 Å². The Balaban J connectivity index is 2.01. The van der Waals surface area contributed by atoms with Crippen LogP contribution in [-0.4, -0.2) is 37.7 Å². The maximum Gasteiger partial charge on any atom is 0.326 e. The van der Waals surface area contributed by atoms with Crippen molar-refractivity contribution in [3.05, 3.63) is 62.0 Å². The lowest BCUT2D eigenvalue weighted by Crippen LogP contribution is -2.49. The largest absolute Gasteiger partial charge is 0.480 e. The number of rotatable bonds is 2. The van der Waals surface area contributed by atoms with Gasteiger partial charge in [0.25, 0.3) is 11.5 Å². The maximum absolute atomic E-state index is 12.7. The Morgan fingerprint density at radius 2 is 2.04 bits per heavy atom. The molecule has 2 aromatic rings. The summed E-state index contributed by atoms with van der Waals surface area (Å²) in [5, 5.41) is 13.5. The zero-order chi connectivity index (χ0) is 17.4. The fraction of sp³-hybridized carbons (Fsp3) is 0.250. The molecule has 0 saturated heterocycles. The summed E-state index contributed by atoms with van der Waals surface area (Å²) in [6.45, 7) is 0.176. The van der Waals surface area contributed by atoms with E-state index in [4.69, 9.17) is 0 Å². The molecule has 0 saturated carbocycles. The SMILES string of the molecule is Cn1nc(C(=O)N2Cc3cccc(Br)c3CC2C(=O)O)ccc1=O. The van der Waals surface area contributed by atoms with Gasteiger partial charge < -0.3 is 10.0 Å². The molecule has 1 atom stereocenters. The molecule has 124 valence electrons. The van der Waals surface area contributed by atoms with Crippen molar-refractivity contribution in [2.75, 3.05) is 0 Å². The molecular weight excluding hydrogens is 378 g/mol. The van der Waals surface area contributed by atoms with Gasteiger partial charge in [-0.2, -0.15) is 5.10 Å². The van der Waals surface area contributed by atoms with Crippen LogP contribution in [0.5, 0.6) is 0 Å². The number of carbonyl (C=O) groups excluding carboxylic acids is 1. The van der Waals surface area contributed by atoms with Crippen molar-refractivity contribution >= 4 is 27.8 Å². The van der Waals surface area contributed by atoms with Crippen LogP contribution in [0.25, 0.3) is 0 Å². The Bertz CT molecular complexity index is 893. The Kier molecular flexibility index (Phi) is 4.23. The summed E-state index contributed by atoms with van der Waals surface area (Å²) in [4.78, 5) is 37.1. The number of benzene rings is 1. The van der Waals surface area contributed by atoms with E-state index in [0.717, 1.165) is 20.3 Å². The molecule has 2 heterocycles. The number of nitrogens with zero attached hydrogens (tertiary/aromatic N) is 3. The number of hydrogen-bond acceptors (Lipinski definition) is 4. The lowest BCUT2D eigenvalue weighted by molar-refractivity contribution is -0.142. The van der Waals surface area contributed by atoms with Gasteiger partial charge >= 0.3 is 5.97 Å². The van der Waals surface area contributed by atoms with Crippen molar-refractivity contribution in [2.24, 2.45) is 7.05 Å². The highest BCUT2D eigenvalue weighted by atomic mass is 79.9. The summed E-state index contributed by atoms with van der Waals surface area (Å²) < 4.78 is 1.89. The number of aryl methyl sites for hydroxylation is 1. The molecule has 1 aromatic carbocycles. The standard InChI is InChI=1S/C16H14BrN3O4/c1-19-14(21)6-5-12(18-19)15(22)20-8-9-3-2-4-11(17)10(9)7-13(20)16(23)24/h2-6,13H,7-8H2,1H3,(H,23,24). The molecule has 1 N–H and O–H groups in total. The van der Waals surface area contributed by atoms with Crippen molar-refractivity contribution in [1.29, 1.82) is 0 Å². The van der Waals surface area contributed by atoms with Gasteiger partial charge in [-0.1, -0.05) is 28.1 Å². The van der Waals surface area contributed by atoms with E-state index in [0.29, 0.717) is 0 Å². The predicted molar refractivity (Wildman–Crippen MR) is 88.6 cm³/mol. The Morgan fingerprint density at radius 1 is 1.29 bits per heavy atom. The summed E-state index contributed by atoms with van der Waals surface area (Å²) in [7, 11) is 1.44. The summed E-state index contributed by atoms with van der Waals surface area (Å²) in [6, 6.07) is 7.14. The van der Waals surface area contributed by atoms with Gasteiger partial charge in [0.2, 0.25) is 0 Å². The zero-order valence-electron chi connectivity index (χ0n) is 12.8. The second-order valence-corrected chi connectivity index (χ2v) is 6.40. The fourth-order valence-electron chi connectivity index (χ4n) is 2.77. The molecule has 3 rings (SSSR count). The average molecular weight is 392 g/mol. The lowest BCUT2D eigenvalue weighted by Gasteiger charge is -2.34. The van der Waals surface area contributed by atoms with Crippen LogP contribution in [-0.2, 0) is 24.8 Å². The lowest BCUT2D eigenvalue weighted by atomic mass is 9.93. The second-order valence-electron chi connectivity index (χ2n) is 5.55. The third kappa shape index (κ3) is 2.84. The molecule has 0 radical (unpaired) electrons. The zero-order valence-corrected chi connectivity index (χ0v) is 14.4. The van der Waals surface area contributed by atoms with Crippen molar-refractivity contribution < 1.29 is 14.7 Å². The van der Waals surface area contributed by atoms with Crippen LogP contribution in [0.4, 0.5) is 0 Å². The molecule has 24 heavy (non-hydrogen) atoms. The van der Waals surface area contributed by atoms with Crippen LogP contribution in [0.15, 0.2) is 39.6 Å². The minimum Gasteiger partial charge on any atom is -0.480 e. The molecule has 7 nitrogen and oxygen atoms in total. The predicted octanol–water partition coefficient (Wildman–Crippen LogP) is 1.19. The van der Waals surface area contributed by atoms with E-state index in [1.165, 1.54) is 24.1 Å². The van der Waals surface area contributed by atoms with E-state index in [9.17, 15) is 19.5 Å². The number of fused-ring (bicyclic) bond motifs is 1. The Morgan fingerprint density at radius 3 is 2.71 bits per heavy atom. The first-order valence-corrected chi connectivity index (χ1v) is 8.02. The summed E-state index contributed by atoms with van der Waals surface area (Å²) in [6.07, 6.45) is 0.212. The number of carboxylic acid groups (broad SMARTS) is 1. The average Bonchev–Trinajstić information content (AvgIpc) is 2.56. The summed E-state index contributed by atoms with van der Waals surface area (Å²) in [5.74, 6) is -1.59. The van der Waals surface area contributed by atoms with Gasteiger partial charge in [-0.3, -0.25) is 9.59 Å². The maximum atomic E-state index is 12.7. The number of halogens is 1. The number of hydrogen-bond donors (Lipinski definition) is 1. The third-order valence-electron chi connectivity index (χ3n) is 4.06. The van der Waals surface area contributed by atoms with E-state index in [1.54, 1.807) is 0 Å². The highest BCUT2D eigenvalue weighted by Gasteiger charge is 2.36. The second kappa shape index (κ2) is 6.20. The van der Waals surface area contributed by atoms with Gasteiger partial charge in [0.15, 0.2) is 0 Å². The highest BCUT2D eigenvalue weighted by molar-refractivity contribution is 9.10. The topological polar surface area (TPSA) is 92.5 Å². The van der Waals surface area contributed by atoms with Gasteiger partial charge in [0.05, 0.1) is 0 Å². The molecule has 0 fully saturated rings. The van der Waals surface area contributed by atoms with E-state index < -0.39 is 17.9 Å². The third-order valence-corrected chi connectivity index (χ3v) is 4.80. The minimum atomic E-state index is -1.07. The van der Waals surface area contributed by atoms with Crippen LogP contribution in [0.1, 0.15) is 21.6 Å². The monoisotopic (exact) mass is 391 g/mol.